The number of aliphatic hydroxyl groups is 1. The molecular formula is C13H15NOS. The second-order valence-electron chi connectivity index (χ2n) is 3.98. The van der Waals surface area contributed by atoms with Gasteiger partial charge in [0.25, 0.3) is 0 Å². The van der Waals surface area contributed by atoms with Crippen LogP contribution < -0.4 is 0 Å². The fourth-order valence-corrected chi connectivity index (χ4v) is 2.78. The molecule has 2 atom stereocenters. The van der Waals surface area contributed by atoms with Crippen molar-refractivity contribution in [3.63, 3.8) is 0 Å². The number of thiophene rings is 1. The molecule has 0 aliphatic rings. The molecule has 2 unspecified atom stereocenters. The van der Waals surface area contributed by atoms with Crippen LogP contribution in [0.2, 0.25) is 0 Å². The SMILES string of the molecule is Cc1ccsc1C(O)C(C)c1ccncc1. The zero-order valence-corrected chi connectivity index (χ0v) is 10.2. The molecule has 0 bridgehead atoms. The van der Waals surface area contributed by atoms with Gasteiger partial charge >= 0.3 is 0 Å². The Balaban J connectivity index is 2.23. The molecule has 0 amide bonds. The van der Waals surface area contributed by atoms with Crippen LogP contribution in [0.15, 0.2) is 36.0 Å². The molecule has 0 radical (unpaired) electrons. The molecule has 84 valence electrons. The largest absolute Gasteiger partial charge is 0.387 e. The van der Waals surface area contributed by atoms with Crippen LogP contribution in [0.3, 0.4) is 0 Å². The molecule has 0 saturated carbocycles. The van der Waals surface area contributed by atoms with Gasteiger partial charge in [-0.15, -0.1) is 11.3 Å². The first-order valence-electron chi connectivity index (χ1n) is 5.32. The van der Waals surface area contributed by atoms with Gasteiger partial charge in [0.2, 0.25) is 0 Å². The average Bonchev–Trinajstić information content (AvgIpc) is 2.75. The van der Waals surface area contributed by atoms with E-state index >= 15 is 0 Å². The molecule has 0 spiro atoms. The van der Waals surface area contributed by atoms with Crippen LogP contribution >= 0.6 is 11.3 Å². The number of pyridine rings is 1. The van der Waals surface area contributed by atoms with Crippen LogP contribution in [-0.2, 0) is 0 Å². The maximum absolute atomic E-state index is 10.3. The Hall–Kier alpha value is -1.19. The topological polar surface area (TPSA) is 33.1 Å². The highest BCUT2D eigenvalue weighted by atomic mass is 32.1. The second kappa shape index (κ2) is 4.76. The van der Waals surface area contributed by atoms with Crippen LogP contribution in [0, 0.1) is 6.92 Å². The van der Waals surface area contributed by atoms with Crippen molar-refractivity contribution in [2.75, 3.05) is 0 Å². The van der Waals surface area contributed by atoms with Crippen LogP contribution in [-0.4, -0.2) is 10.1 Å². The predicted octanol–water partition coefficient (Wildman–Crippen LogP) is 3.29. The van der Waals surface area contributed by atoms with Crippen molar-refractivity contribution >= 4 is 11.3 Å². The minimum Gasteiger partial charge on any atom is -0.387 e. The molecule has 3 heteroatoms. The van der Waals surface area contributed by atoms with E-state index in [4.69, 9.17) is 0 Å². The third-order valence-corrected chi connectivity index (χ3v) is 3.97. The third-order valence-electron chi connectivity index (χ3n) is 2.88. The summed E-state index contributed by atoms with van der Waals surface area (Å²) in [4.78, 5) is 5.05. The van der Waals surface area contributed by atoms with Gasteiger partial charge < -0.3 is 5.11 Å². The first-order chi connectivity index (χ1) is 7.70. The minimum atomic E-state index is -0.428. The Morgan fingerprint density at radius 1 is 1.25 bits per heavy atom. The van der Waals surface area contributed by atoms with Gasteiger partial charge in [-0.2, -0.15) is 0 Å². The first kappa shape index (κ1) is 11.3. The van der Waals surface area contributed by atoms with E-state index in [9.17, 15) is 5.11 Å². The standard InChI is InChI=1S/C13H15NOS/c1-9-5-8-16-13(9)12(15)10(2)11-3-6-14-7-4-11/h3-8,10,12,15H,1-2H3. The van der Waals surface area contributed by atoms with Gasteiger partial charge in [-0.25, -0.2) is 0 Å². The van der Waals surface area contributed by atoms with Crippen LogP contribution in [0.4, 0.5) is 0 Å². The number of hydrogen-bond acceptors (Lipinski definition) is 3. The van der Waals surface area contributed by atoms with E-state index in [0.29, 0.717) is 0 Å². The summed E-state index contributed by atoms with van der Waals surface area (Å²) < 4.78 is 0. The Labute approximate surface area is 99.6 Å². The number of nitrogens with zero attached hydrogens (tertiary/aromatic N) is 1. The van der Waals surface area contributed by atoms with Crippen LogP contribution in [0.1, 0.15) is 34.9 Å². The van der Waals surface area contributed by atoms with Crippen molar-refractivity contribution in [2.45, 2.75) is 25.9 Å². The highest BCUT2D eigenvalue weighted by molar-refractivity contribution is 7.10. The highest BCUT2D eigenvalue weighted by Crippen LogP contribution is 2.34. The Kier molecular flexibility index (Phi) is 3.36. The smallest absolute Gasteiger partial charge is 0.0950 e. The summed E-state index contributed by atoms with van der Waals surface area (Å²) in [5, 5.41) is 12.3. The van der Waals surface area contributed by atoms with E-state index in [2.05, 4.69) is 4.98 Å². The van der Waals surface area contributed by atoms with Gasteiger partial charge in [0.15, 0.2) is 0 Å². The molecule has 2 rings (SSSR count). The molecule has 0 aliphatic carbocycles. The predicted molar refractivity (Wildman–Crippen MR) is 66.7 cm³/mol. The summed E-state index contributed by atoms with van der Waals surface area (Å²) in [5.41, 5.74) is 2.29. The minimum absolute atomic E-state index is 0.0975. The Morgan fingerprint density at radius 3 is 2.50 bits per heavy atom. The summed E-state index contributed by atoms with van der Waals surface area (Å²) in [6, 6.07) is 5.95. The second-order valence-corrected chi connectivity index (χ2v) is 4.93. The van der Waals surface area contributed by atoms with Gasteiger partial charge in [0.1, 0.15) is 0 Å². The summed E-state index contributed by atoms with van der Waals surface area (Å²) in [7, 11) is 0. The molecule has 2 aromatic heterocycles. The monoisotopic (exact) mass is 233 g/mol. The lowest BCUT2D eigenvalue weighted by Gasteiger charge is -2.18. The maximum atomic E-state index is 10.3. The molecule has 2 heterocycles. The van der Waals surface area contributed by atoms with E-state index in [-0.39, 0.29) is 5.92 Å². The molecule has 0 aromatic carbocycles. The van der Waals surface area contributed by atoms with E-state index in [0.717, 1.165) is 10.4 Å². The molecule has 0 fully saturated rings. The maximum Gasteiger partial charge on any atom is 0.0950 e. The summed E-state index contributed by atoms with van der Waals surface area (Å²) in [6.07, 6.45) is 3.10. The van der Waals surface area contributed by atoms with Gasteiger partial charge in [0, 0.05) is 23.2 Å². The van der Waals surface area contributed by atoms with Gasteiger partial charge in [-0.1, -0.05) is 6.92 Å². The zero-order valence-electron chi connectivity index (χ0n) is 9.42. The van der Waals surface area contributed by atoms with Crippen LogP contribution in [0.25, 0.3) is 0 Å². The summed E-state index contributed by atoms with van der Waals surface area (Å²) in [6.45, 7) is 4.08. The molecule has 0 saturated heterocycles. The summed E-state index contributed by atoms with van der Waals surface area (Å²) >= 11 is 1.62. The fraction of sp³-hybridized carbons (Fsp3) is 0.308. The molecular weight excluding hydrogens is 218 g/mol. The van der Waals surface area contributed by atoms with E-state index < -0.39 is 6.10 Å². The van der Waals surface area contributed by atoms with Crippen molar-refractivity contribution in [3.05, 3.63) is 52.0 Å². The lowest BCUT2D eigenvalue weighted by molar-refractivity contribution is 0.154. The van der Waals surface area contributed by atoms with Crippen molar-refractivity contribution in [3.8, 4) is 0 Å². The van der Waals surface area contributed by atoms with Gasteiger partial charge in [0.05, 0.1) is 6.10 Å². The van der Waals surface area contributed by atoms with Crippen molar-refractivity contribution in [1.82, 2.24) is 4.98 Å². The number of hydrogen-bond donors (Lipinski definition) is 1. The molecule has 2 aromatic rings. The molecule has 2 nitrogen and oxygen atoms in total. The lowest BCUT2D eigenvalue weighted by atomic mass is 9.94. The van der Waals surface area contributed by atoms with Crippen LogP contribution in [0.5, 0.6) is 0 Å². The average molecular weight is 233 g/mol. The number of aliphatic hydroxyl groups excluding tert-OH is 1. The first-order valence-corrected chi connectivity index (χ1v) is 6.20. The Bertz CT molecular complexity index is 452. The third kappa shape index (κ3) is 2.15. The van der Waals surface area contributed by atoms with Gasteiger partial charge in [-0.3, -0.25) is 4.98 Å². The van der Waals surface area contributed by atoms with Gasteiger partial charge in [-0.05, 0) is 41.6 Å². The normalized spacial score (nSPS) is 14.7. The van der Waals surface area contributed by atoms with Crippen molar-refractivity contribution in [2.24, 2.45) is 0 Å². The quantitative estimate of drug-likeness (QED) is 0.882. The fourth-order valence-electron chi connectivity index (χ4n) is 1.76. The van der Waals surface area contributed by atoms with E-state index in [1.54, 1.807) is 23.7 Å². The van der Waals surface area contributed by atoms with E-state index in [1.165, 1.54) is 5.56 Å². The van der Waals surface area contributed by atoms with Crippen molar-refractivity contribution < 1.29 is 5.11 Å². The molecule has 16 heavy (non-hydrogen) atoms. The molecule has 1 N–H and O–H groups in total. The highest BCUT2D eigenvalue weighted by Gasteiger charge is 2.20. The van der Waals surface area contributed by atoms with Crippen molar-refractivity contribution in [1.29, 1.82) is 0 Å². The zero-order chi connectivity index (χ0) is 11.5. The number of aryl methyl sites for hydroxylation is 1. The number of rotatable bonds is 3. The molecule has 0 aliphatic heterocycles. The summed E-state index contributed by atoms with van der Waals surface area (Å²) in [5.74, 6) is 0.0975. The lowest BCUT2D eigenvalue weighted by Crippen LogP contribution is -2.07. The van der Waals surface area contributed by atoms with E-state index in [1.807, 2.05) is 37.4 Å². The number of aromatic nitrogens is 1. The Morgan fingerprint density at radius 2 is 1.94 bits per heavy atom.